The number of carboxylic acid groups (broad SMARTS) is 1. The second-order valence-corrected chi connectivity index (χ2v) is 8.44. The fourth-order valence-corrected chi connectivity index (χ4v) is 4.30. The van der Waals surface area contributed by atoms with Crippen molar-refractivity contribution in [3.63, 3.8) is 0 Å². The maximum Gasteiger partial charge on any atom is 0.407 e. The molecule has 2 heterocycles. The first-order valence-electron chi connectivity index (χ1n) is 8.04. The number of hydrogen-bond donors (Lipinski definition) is 2. The zero-order chi connectivity index (χ0) is 18.5. The quantitative estimate of drug-likeness (QED) is 0.737. The van der Waals surface area contributed by atoms with Crippen LogP contribution < -0.4 is 10.1 Å². The van der Waals surface area contributed by atoms with E-state index in [9.17, 15) is 14.0 Å². The van der Waals surface area contributed by atoms with E-state index in [4.69, 9.17) is 9.84 Å². The Morgan fingerprint density at radius 3 is 2.85 bits per heavy atom. The third-order valence-corrected chi connectivity index (χ3v) is 5.95. The molecule has 1 aliphatic heterocycles. The number of amides is 2. The molecule has 4 rings (SSSR count). The lowest BCUT2D eigenvalue weighted by Gasteiger charge is -2.42. The number of rotatable bonds is 5. The van der Waals surface area contributed by atoms with Gasteiger partial charge in [0.15, 0.2) is 16.5 Å². The molecule has 10 heteroatoms. The predicted molar refractivity (Wildman–Crippen MR) is 97.6 cm³/mol. The van der Waals surface area contributed by atoms with E-state index in [1.54, 1.807) is 12.1 Å². The Labute approximate surface area is 160 Å². The molecular formula is C16H15BrFN3O4S. The van der Waals surface area contributed by atoms with Gasteiger partial charge in [0, 0.05) is 5.92 Å². The van der Waals surface area contributed by atoms with Gasteiger partial charge in [-0.3, -0.25) is 4.79 Å². The van der Waals surface area contributed by atoms with Crippen LogP contribution in [0.15, 0.2) is 16.6 Å². The molecule has 2 fully saturated rings. The SMILES string of the molecule is O=C(Nc1nc2ccc(Br)c(OCC3(F)CN(C(=O)O)C3)c2s1)C1CC1. The normalized spacial score (nSPS) is 18.5. The van der Waals surface area contributed by atoms with Crippen molar-refractivity contribution in [1.29, 1.82) is 0 Å². The number of thiazole rings is 1. The molecule has 138 valence electrons. The summed E-state index contributed by atoms with van der Waals surface area (Å²) in [6.07, 6.45) is 0.672. The van der Waals surface area contributed by atoms with Gasteiger partial charge in [0.05, 0.1) is 27.8 Å². The van der Waals surface area contributed by atoms with Crippen LogP contribution in [0.1, 0.15) is 12.8 Å². The molecule has 1 aliphatic carbocycles. The Balaban J connectivity index is 1.50. The Morgan fingerprint density at radius 1 is 1.46 bits per heavy atom. The summed E-state index contributed by atoms with van der Waals surface area (Å²) in [5.41, 5.74) is -1.05. The van der Waals surface area contributed by atoms with Crippen molar-refractivity contribution in [3.05, 3.63) is 16.6 Å². The molecular weight excluding hydrogens is 429 g/mol. The largest absolute Gasteiger partial charge is 0.487 e. The van der Waals surface area contributed by atoms with Crippen molar-refractivity contribution < 1.29 is 23.8 Å². The van der Waals surface area contributed by atoms with Crippen LogP contribution in [0.5, 0.6) is 5.75 Å². The molecule has 0 radical (unpaired) electrons. The van der Waals surface area contributed by atoms with Crippen LogP contribution >= 0.6 is 27.3 Å². The maximum absolute atomic E-state index is 14.5. The molecule has 1 saturated heterocycles. The molecule has 0 bridgehead atoms. The van der Waals surface area contributed by atoms with E-state index in [0.717, 1.165) is 17.7 Å². The highest BCUT2D eigenvalue weighted by Gasteiger charge is 2.47. The van der Waals surface area contributed by atoms with E-state index in [2.05, 4.69) is 26.2 Å². The summed E-state index contributed by atoms with van der Waals surface area (Å²) in [6.45, 7) is -0.668. The van der Waals surface area contributed by atoms with E-state index in [1.807, 2.05) is 0 Å². The number of aromatic nitrogens is 1. The van der Waals surface area contributed by atoms with Crippen molar-refractivity contribution in [3.8, 4) is 5.75 Å². The van der Waals surface area contributed by atoms with Gasteiger partial charge in [0.25, 0.3) is 0 Å². The summed E-state index contributed by atoms with van der Waals surface area (Å²) >= 11 is 4.66. The lowest BCUT2D eigenvalue weighted by Crippen LogP contribution is -2.63. The van der Waals surface area contributed by atoms with Crippen LogP contribution in [0.3, 0.4) is 0 Å². The average Bonchev–Trinajstić information content (AvgIpc) is 3.32. The number of nitrogens with zero attached hydrogens (tertiary/aromatic N) is 2. The molecule has 7 nitrogen and oxygen atoms in total. The molecule has 2 aromatic rings. The number of benzene rings is 1. The highest BCUT2D eigenvalue weighted by molar-refractivity contribution is 9.10. The predicted octanol–water partition coefficient (Wildman–Crippen LogP) is 3.49. The number of ether oxygens (including phenoxy) is 1. The van der Waals surface area contributed by atoms with Gasteiger partial charge >= 0.3 is 6.09 Å². The van der Waals surface area contributed by atoms with Crippen molar-refractivity contribution in [2.24, 2.45) is 5.92 Å². The van der Waals surface area contributed by atoms with Crippen molar-refractivity contribution >= 4 is 54.6 Å². The number of nitrogens with one attached hydrogen (secondary N) is 1. The van der Waals surface area contributed by atoms with E-state index in [-0.39, 0.29) is 31.5 Å². The van der Waals surface area contributed by atoms with Crippen molar-refractivity contribution in [2.75, 3.05) is 25.0 Å². The number of likely N-dealkylation sites (tertiary alicyclic amines) is 1. The highest BCUT2D eigenvalue weighted by Crippen LogP contribution is 2.40. The van der Waals surface area contributed by atoms with Gasteiger partial charge in [-0.05, 0) is 40.9 Å². The van der Waals surface area contributed by atoms with Crippen molar-refractivity contribution in [2.45, 2.75) is 18.5 Å². The fraction of sp³-hybridized carbons (Fsp3) is 0.438. The van der Waals surface area contributed by atoms with E-state index < -0.39 is 11.8 Å². The Kier molecular flexibility index (Phi) is 4.26. The first-order chi connectivity index (χ1) is 12.3. The van der Waals surface area contributed by atoms with Gasteiger partial charge in [-0.25, -0.2) is 14.2 Å². The smallest absolute Gasteiger partial charge is 0.407 e. The molecule has 1 saturated carbocycles. The lowest BCUT2D eigenvalue weighted by molar-refractivity contribution is -0.117. The topological polar surface area (TPSA) is 91.8 Å². The van der Waals surface area contributed by atoms with E-state index in [1.165, 1.54) is 11.3 Å². The number of anilines is 1. The second kappa shape index (κ2) is 6.34. The molecule has 1 aromatic carbocycles. The molecule has 2 N–H and O–H groups in total. The monoisotopic (exact) mass is 443 g/mol. The van der Waals surface area contributed by atoms with Gasteiger partial charge in [0.1, 0.15) is 6.61 Å². The minimum Gasteiger partial charge on any atom is -0.487 e. The number of carbonyl (C=O) groups is 2. The van der Waals surface area contributed by atoms with Crippen LogP contribution in [0.2, 0.25) is 0 Å². The van der Waals surface area contributed by atoms with Crippen molar-refractivity contribution in [1.82, 2.24) is 9.88 Å². The summed E-state index contributed by atoms with van der Waals surface area (Å²) in [5.74, 6) is 0.487. The van der Waals surface area contributed by atoms with Crippen LogP contribution in [0.25, 0.3) is 10.2 Å². The van der Waals surface area contributed by atoms with Gasteiger partial charge in [-0.2, -0.15) is 0 Å². The minimum absolute atomic E-state index is 0.0310. The lowest BCUT2D eigenvalue weighted by atomic mass is 9.98. The Hall–Kier alpha value is -1.94. The van der Waals surface area contributed by atoms with Gasteiger partial charge in [-0.15, -0.1) is 0 Å². The molecule has 2 amide bonds. The third-order valence-electron chi connectivity index (χ3n) is 4.34. The Morgan fingerprint density at radius 2 is 2.19 bits per heavy atom. The molecule has 2 aliphatic rings. The number of halogens is 2. The standard InChI is InChI=1S/C16H15BrFN3O4S/c17-9-3-4-10-12(26-14(19-10)20-13(22)8-1-2-8)11(9)25-7-16(18)5-21(6-16)15(23)24/h3-4,8H,1-2,5-7H2,(H,23,24)(H,19,20,22). The first kappa shape index (κ1) is 17.5. The molecule has 0 unspecified atom stereocenters. The maximum atomic E-state index is 14.5. The minimum atomic E-state index is -1.70. The third kappa shape index (κ3) is 3.35. The molecule has 26 heavy (non-hydrogen) atoms. The number of carbonyl (C=O) groups excluding carboxylic acids is 1. The van der Waals surface area contributed by atoms with Crippen LogP contribution in [-0.4, -0.2) is 52.4 Å². The summed E-state index contributed by atoms with van der Waals surface area (Å²) in [4.78, 5) is 28.1. The highest BCUT2D eigenvalue weighted by atomic mass is 79.9. The summed E-state index contributed by atoms with van der Waals surface area (Å²) in [5, 5.41) is 12.1. The number of alkyl halides is 1. The van der Waals surface area contributed by atoms with E-state index in [0.29, 0.717) is 25.6 Å². The Bertz CT molecular complexity index is 895. The van der Waals surface area contributed by atoms with Gasteiger partial charge in [-0.1, -0.05) is 11.3 Å². The average molecular weight is 444 g/mol. The van der Waals surface area contributed by atoms with Gasteiger partial charge < -0.3 is 20.1 Å². The number of fused-ring (bicyclic) bond motifs is 1. The van der Waals surface area contributed by atoms with Crippen LogP contribution in [0, 0.1) is 5.92 Å². The molecule has 1 aromatic heterocycles. The zero-order valence-electron chi connectivity index (χ0n) is 13.5. The second-order valence-electron chi connectivity index (χ2n) is 6.59. The zero-order valence-corrected chi connectivity index (χ0v) is 15.9. The van der Waals surface area contributed by atoms with Gasteiger partial charge in [0.2, 0.25) is 5.91 Å². The molecule has 0 atom stereocenters. The molecule has 0 spiro atoms. The summed E-state index contributed by atoms with van der Waals surface area (Å²) in [6, 6.07) is 3.54. The number of hydrogen-bond acceptors (Lipinski definition) is 5. The summed E-state index contributed by atoms with van der Waals surface area (Å²) in [7, 11) is 0. The van der Waals surface area contributed by atoms with E-state index >= 15 is 0 Å². The van der Waals surface area contributed by atoms with Crippen LogP contribution in [-0.2, 0) is 4.79 Å². The fourth-order valence-electron chi connectivity index (χ4n) is 2.75. The first-order valence-corrected chi connectivity index (χ1v) is 9.65. The van der Waals surface area contributed by atoms with Crippen LogP contribution in [0.4, 0.5) is 14.3 Å². The summed E-state index contributed by atoms with van der Waals surface area (Å²) < 4.78 is 21.5.